The first kappa shape index (κ1) is 15.1. The van der Waals surface area contributed by atoms with Gasteiger partial charge in [0, 0.05) is 7.05 Å². The van der Waals surface area contributed by atoms with Gasteiger partial charge < -0.3 is 15.8 Å². The third-order valence-electron chi connectivity index (χ3n) is 2.39. The Hall–Kier alpha value is -1.92. The van der Waals surface area contributed by atoms with E-state index in [1.165, 1.54) is 12.1 Å². The van der Waals surface area contributed by atoms with Gasteiger partial charge in [-0.1, -0.05) is 12.1 Å². The molecule has 1 aromatic rings. The summed E-state index contributed by atoms with van der Waals surface area (Å²) in [6.07, 6.45) is -4.33. The number of hydrogen-bond acceptors (Lipinski definition) is 2. The van der Waals surface area contributed by atoms with Crippen LogP contribution < -0.4 is 15.8 Å². The van der Waals surface area contributed by atoms with Crippen LogP contribution in [-0.4, -0.2) is 25.8 Å². The fraction of sp³-hybridized carbons (Fsp3) is 0.417. The quantitative estimate of drug-likeness (QED) is 0.654. The minimum Gasteiger partial charge on any atom is -0.484 e. The first-order valence-corrected chi connectivity index (χ1v) is 5.60. The monoisotopic (exact) mass is 275 g/mol. The Kier molecular flexibility index (Phi) is 5.02. The molecule has 106 valence electrons. The average molecular weight is 275 g/mol. The molecule has 0 aliphatic heterocycles. The van der Waals surface area contributed by atoms with E-state index in [0.717, 1.165) is 5.56 Å². The maximum atomic E-state index is 12.0. The van der Waals surface area contributed by atoms with E-state index < -0.39 is 12.8 Å². The Labute approximate surface area is 109 Å². The second-order valence-electron chi connectivity index (χ2n) is 3.95. The van der Waals surface area contributed by atoms with Crippen molar-refractivity contribution in [3.63, 3.8) is 0 Å². The molecule has 0 bridgehead atoms. The van der Waals surface area contributed by atoms with Crippen molar-refractivity contribution in [3.8, 4) is 5.75 Å². The van der Waals surface area contributed by atoms with E-state index in [2.05, 4.69) is 15.0 Å². The van der Waals surface area contributed by atoms with Crippen LogP contribution in [0.25, 0.3) is 0 Å². The van der Waals surface area contributed by atoms with Crippen molar-refractivity contribution >= 4 is 5.96 Å². The number of nitrogens with one attached hydrogen (secondary N) is 1. The minimum absolute atomic E-state index is 0.0969. The van der Waals surface area contributed by atoms with Crippen LogP contribution in [0.15, 0.2) is 29.3 Å². The second kappa shape index (κ2) is 6.31. The molecule has 0 heterocycles. The van der Waals surface area contributed by atoms with E-state index in [-0.39, 0.29) is 11.8 Å². The van der Waals surface area contributed by atoms with Gasteiger partial charge in [-0.25, -0.2) is 0 Å². The maximum absolute atomic E-state index is 12.0. The number of guanidine groups is 1. The van der Waals surface area contributed by atoms with E-state index in [9.17, 15) is 13.2 Å². The highest BCUT2D eigenvalue weighted by Crippen LogP contribution is 2.20. The third-order valence-corrected chi connectivity index (χ3v) is 2.39. The largest absolute Gasteiger partial charge is 0.484 e. The van der Waals surface area contributed by atoms with E-state index in [1.807, 2.05) is 6.92 Å². The zero-order chi connectivity index (χ0) is 14.5. The van der Waals surface area contributed by atoms with Crippen LogP contribution in [0.5, 0.6) is 5.75 Å². The summed E-state index contributed by atoms with van der Waals surface area (Å²) >= 11 is 0. The number of ether oxygens (including phenoxy) is 1. The summed E-state index contributed by atoms with van der Waals surface area (Å²) < 4.78 is 40.5. The Morgan fingerprint density at radius 2 is 1.95 bits per heavy atom. The minimum atomic E-state index is -4.33. The molecule has 0 aliphatic carbocycles. The highest BCUT2D eigenvalue weighted by atomic mass is 19.4. The van der Waals surface area contributed by atoms with E-state index in [0.29, 0.717) is 5.96 Å². The molecule has 0 spiro atoms. The summed E-state index contributed by atoms with van der Waals surface area (Å²) in [6, 6.07) is 6.22. The lowest BCUT2D eigenvalue weighted by molar-refractivity contribution is -0.153. The molecule has 3 N–H and O–H groups in total. The highest BCUT2D eigenvalue weighted by molar-refractivity contribution is 5.78. The van der Waals surface area contributed by atoms with Crippen LogP contribution in [0, 0.1) is 0 Å². The summed E-state index contributed by atoms with van der Waals surface area (Å²) in [7, 11) is 1.56. The van der Waals surface area contributed by atoms with Gasteiger partial charge in [-0.15, -0.1) is 0 Å². The summed E-state index contributed by atoms with van der Waals surface area (Å²) in [5, 5.41) is 2.93. The normalized spacial score (nSPS) is 14.1. The molecule has 1 rings (SSSR count). The molecule has 19 heavy (non-hydrogen) atoms. The van der Waals surface area contributed by atoms with Gasteiger partial charge in [-0.3, -0.25) is 4.99 Å². The van der Waals surface area contributed by atoms with Crippen molar-refractivity contribution in [1.82, 2.24) is 5.32 Å². The summed E-state index contributed by atoms with van der Waals surface area (Å²) in [6.45, 7) is 0.569. The van der Waals surface area contributed by atoms with Gasteiger partial charge >= 0.3 is 6.18 Å². The average Bonchev–Trinajstić information content (AvgIpc) is 2.36. The van der Waals surface area contributed by atoms with Crippen molar-refractivity contribution < 1.29 is 17.9 Å². The van der Waals surface area contributed by atoms with Gasteiger partial charge in [0.1, 0.15) is 5.75 Å². The lowest BCUT2D eigenvalue weighted by Crippen LogP contribution is -2.33. The summed E-state index contributed by atoms with van der Waals surface area (Å²) in [5.41, 5.74) is 6.39. The first-order chi connectivity index (χ1) is 8.81. The lowest BCUT2D eigenvalue weighted by atomic mass is 10.1. The number of nitrogens with two attached hydrogens (primary N) is 1. The van der Waals surface area contributed by atoms with Gasteiger partial charge in [0.2, 0.25) is 0 Å². The smallest absolute Gasteiger partial charge is 0.422 e. The number of nitrogens with zero attached hydrogens (tertiary/aromatic N) is 1. The Morgan fingerprint density at radius 1 is 1.37 bits per heavy atom. The molecule has 1 aromatic carbocycles. The molecule has 0 aromatic heterocycles. The fourth-order valence-corrected chi connectivity index (χ4v) is 1.39. The molecule has 0 aliphatic rings. The first-order valence-electron chi connectivity index (χ1n) is 5.60. The van der Waals surface area contributed by atoms with Crippen LogP contribution in [0.1, 0.15) is 18.5 Å². The number of alkyl halides is 3. The Balaban J connectivity index is 2.61. The number of halogens is 3. The van der Waals surface area contributed by atoms with Gasteiger partial charge in [0.25, 0.3) is 0 Å². The number of hydrogen-bond donors (Lipinski definition) is 2. The third kappa shape index (κ3) is 5.50. The zero-order valence-electron chi connectivity index (χ0n) is 10.7. The number of rotatable bonds is 4. The van der Waals surface area contributed by atoms with Crippen molar-refractivity contribution in [2.45, 2.75) is 19.1 Å². The van der Waals surface area contributed by atoms with Crippen molar-refractivity contribution in [2.75, 3.05) is 13.7 Å². The van der Waals surface area contributed by atoms with Crippen LogP contribution in [0.3, 0.4) is 0 Å². The predicted molar refractivity (Wildman–Crippen MR) is 67.1 cm³/mol. The Morgan fingerprint density at radius 3 is 2.42 bits per heavy atom. The van der Waals surface area contributed by atoms with E-state index in [4.69, 9.17) is 5.73 Å². The summed E-state index contributed by atoms with van der Waals surface area (Å²) in [5.74, 6) is 0.468. The van der Waals surface area contributed by atoms with Gasteiger partial charge in [0.15, 0.2) is 12.6 Å². The van der Waals surface area contributed by atoms with Gasteiger partial charge in [-0.05, 0) is 24.6 Å². The van der Waals surface area contributed by atoms with Crippen LogP contribution in [0.2, 0.25) is 0 Å². The zero-order valence-corrected chi connectivity index (χ0v) is 10.7. The fourth-order valence-electron chi connectivity index (χ4n) is 1.39. The summed E-state index contributed by atoms with van der Waals surface area (Å²) in [4.78, 5) is 3.76. The molecule has 0 saturated heterocycles. The maximum Gasteiger partial charge on any atom is 0.422 e. The van der Waals surface area contributed by atoms with Gasteiger partial charge in [-0.2, -0.15) is 13.2 Å². The molecular weight excluding hydrogens is 259 g/mol. The standard InChI is InChI=1S/C12H16F3N3O/c1-8(18-11(16)17-2)9-3-5-10(6-4-9)19-7-12(13,14)15/h3-6,8H,7H2,1-2H3,(H3,16,17,18). The molecule has 0 saturated carbocycles. The molecule has 0 radical (unpaired) electrons. The topological polar surface area (TPSA) is 59.6 Å². The van der Waals surface area contributed by atoms with Crippen molar-refractivity contribution in [2.24, 2.45) is 10.7 Å². The molecular formula is C12H16F3N3O. The molecule has 7 heteroatoms. The Bertz CT molecular complexity index is 429. The molecule has 1 atom stereocenters. The molecule has 0 amide bonds. The predicted octanol–water partition coefficient (Wildman–Crippen LogP) is 2.22. The van der Waals surface area contributed by atoms with Crippen LogP contribution in [-0.2, 0) is 0 Å². The van der Waals surface area contributed by atoms with E-state index in [1.54, 1.807) is 19.2 Å². The van der Waals surface area contributed by atoms with Crippen LogP contribution >= 0.6 is 0 Å². The SMILES string of the molecule is CN=C(N)NC(C)c1ccc(OCC(F)(F)F)cc1. The van der Waals surface area contributed by atoms with Crippen molar-refractivity contribution in [1.29, 1.82) is 0 Å². The van der Waals surface area contributed by atoms with Crippen molar-refractivity contribution in [3.05, 3.63) is 29.8 Å². The van der Waals surface area contributed by atoms with Crippen LogP contribution in [0.4, 0.5) is 13.2 Å². The second-order valence-corrected chi connectivity index (χ2v) is 3.95. The number of benzene rings is 1. The lowest BCUT2D eigenvalue weighted by Gasteiger charge is -2.15. The number of aliphatic imine (C=N–C) groups is 1. The molecule has 1 unspecified atom stereocenters. The van der Waals surface area contributed by atoms with Gasteiger partial charge in [0.05, 0.1) is 6.04 Å². The highest BCUT2D eigenvalue weighted by Gasteiger charge is 2.28. The molecule has 4 nitrogen and oxygen atoms in total. The molecule has 0 fully saturated rings. The van der Waals surface area contributed by atoms with E-state index >= 15 is 0 Å².